The summed E-state index contributed by atoms with van der Waals surface area (Å²) in [6.45, 7) is 2.98. The molecule has 1 aromatic carbocycles. The molecule has 0 radical (unpaired) electrons. The number of nitrogens with zero attached hydrogens (tertiary/aromatic N) is 1. The van der Waals surface area contributed by atoms with Crippen LogP contribution in [0.4, 0.5) is 0 Å². The van der Waals surface area contributed by atoms with Gasteiger partial charge in [0, 0.05) is 23.2 Å². The molecule has 1 fully saturated rings. The van der Waals surface area contributed by atoms with Crippen LogP contribution in [0.25, 0.3) is 0 Å². The summed E-state index contributed by atoms with van der Waals surface area (Å²) >= 11 is 5.89. The quantitative estimate of drug-likeness (QED) is 0.734. The van der Waals surface area contributed by atoms with E-state index in [4.69, 9.17) is 11.6 Å². The first kappa shape index (κ1) is 11.5. The minimum absolute atomic E-state index is 0.106. The topological polar surface area (TPSA) is 20.3 Å². The van der Waals surface area contributed by atoms with Gasteiger partial charge in [-0.05, 0) is 44.4 Å². The van der Waals surface area contributed by atoms with E-state index in [0.29, 0.717) is 16.6 Å². The Bertz CT molecular complexity index is 391. The number of rotatable bonds is 1. The van der Waals surface area contributed by atoms with Crippen LogP contribution in [0.15, 0.2) is 24.3 Å². The third-order valence-electron chi connectivity index (χ3n) is 3.14. The van der Waals surface area contributed by atoms with Crippen molar-refractivity contribution in [1.82, 2.24) is 4.90 Å². The fourth-order valence-corrected chi connectivity index (χ4v) is 2.38. The highest BCUT2D eigenvalue weighted by atomic mass is 35.5. The van der Waals surface area contributed by atoms with Crippen LogP contribution in [-0.2, 0) is 0 Å². The van der Waals surface area contributed by atoms with Gasteiger partial charge >= 0.3 is 0 Å². The second-order valence-electron chi connectivity index (χ2n) is 4.35. The predicted molar refractivity (Wildman–Crippen MR) is 65.8 cm³/mol. The van der Waals surface area contributed by atoms with Crippen LogP contribution in [0, 0.1) is 0 Å². The standard InChI is InChI=1S/C13H16ClNO/c1-10-5-2-3-8-15(10)13(16)11-6-4-7-12(14)9-11/h4,6-7,9-10H,2-3,5,8H2,1H3. The van der Waals surface area contributed by atoms with Crippen LogP contribution in [0.1, 0.15) is 36.5 Å². The Morgan fingerprint density at radius 2 is 2.25 bits per heavy atom. The van der Waals surface area contributed by atoms with Crippen molar-refractivity contribution in [1.29, 1.82) is 0 Å². The number of benzene rings is 1. The maximum atomic E-state index is 12.2. The monoisotopic (exact) mass is 237 g/mol. The van der Waals surface area contributed by atoms with E-state index in [1.165, 1.54) is 6.42 Å². The predicted octanol–water partition coefficient (Wildman–Crippen LogP) is 3.35. The molecule has 1 aliphatic rings. The highest BCUT2D eigenvalue weighted by molar-refractivity contribution is 6.30. The Morgan fingerprint density at radius 3 is 2.94 bits per heavy atom. The van der Waals surface area contributed by atoms with Gasteiger partial charge in [0.15, 0.2) is 0 Å². The van der Waals surface area contributed by atoms with Crippen molar-refractivity contribution in [3.05, 3.63) is 34.9 Å². The van der Waals surface area contributed by atoms with Crippen LogP contribution in [0.2, 0.25) is 5.02 Å². The van der Waals surface area contributed by atoms with Gasteiger partial charge in [0.25, 0.3) is 5.91 Å². The molecule has 0 N–H and O–H groups in total. The smallest absolute Gasteiger partial charge is 0.254 e. The molecule has 16 heavy (non-hydrogen) atoms. The van der Waals surface area contributed by atoms with Gasteiger partial charge in [0.2, 0.25) is 0 Å². The summed E-state index contributed by atoms with van der Waals surface area (Å²) in [6.07, 6.45) is 3.43. The van der Waals surface area contributed by atoms with Gasteiger partial charge in [-0.3, -0.25) is 4.79 Å². The fraction of sp³-hybridized carbons (Fsp3) is 0.462. The van der Waals surface area contributed by atoms with E-state index in [2.05, 4.69) is 6.92 Å². The third kappa shape index (κ3) is 2.38. The average molecular weight is 238 g/mol. The summed E-state index contributed by atoms with van der Waals surface area (Å²) in [5.74, 6) is 0.106. The lowest BCUT2D eigenvalue weighted by Crippen LogP contribution is -2.42. The number of halogens is 1. The molecule has 1 aliphatic heterocycles. The Kier molecular flexibility index (Phi) is 3.49. The number of carbonyl (C=O) groups is 1. The number of hydrogen-bond acceptors (Lipinski definition) is 1. The summed E-state index contributed by atoms with van der Waals surface area (Å²) in [4.78, 5) is 14.2. The van der Waals surface area contributed by atoms with Gasteiger partial charge in [-0.25, -0.2) is 0 Å². The molecular formula is C13H16ClNO. The molecule has 1 amide bonds. The third-order valence-corrected chi connectivity index (χ3v) is 3.37. The normalized spacial score (nSPS) is 20.9. The molecule has 2 nitrogen and oxygen atoms in total. The molecule has 0 spiro atoms. The Labute approximate surface area is 101 Å². The van der Waals surface area contributed by atoms with Crippen molar-refractivity contribution in [3.63, 3.8) is 0 Å². The molecule has 1 unspecified atom stereocenters. The lowest BCUT2D eigenvalue weighted by molar-refractivity contribution is 0.0635. The maximum Gasteiger partial charge on any atom is 0.254 e. The zero-order valence-corrected chi connectivity index (χ0v) is 10.2. The van der Waals surface area contributed by atoms with Crippen molar-refractivity contribution in [3.8, 4) is 0 Å². The van der Waals surface area contributed by atoms with Crippen molar-refractivity contribution in [2.45, 2.75) is 32.2 Å². The fourth-order valence-electron chi connectivity index (χ4n) is 2.19. The van der Waals surface area contributed by atoms with Crippen LogP contribution in [0.5, 0.6) is 0 Å². The highest BCUT2D eigenvalue weighted by Crippen LogP contribution is 2.20. The molecule has 1 saturated heterocycles. The van der Waals surface area contributed by atoms with Gasteiger partial charge in [-0.15, -0.1) is 0 Å². The SMILES string of the molecule is CC1CCCCN1C(=O)c1cccc(Cl)c1. The lowest BCUT2D eigenvalue weighted by atomic mass is 10.0. The van der Waals surface area contributed by atoms with E-state index in [1.54, 1.807) is 12.1 Å². The van der Waals surface area contributed by atoms with E-state index in [9.17, 15) is 4.79 Å². The van der Waals surface area contributed by atoms with E-state index in [0.717, 1.165) is 19.4 Å². The minimum atomic E-state index is 0.106. The maximum absolute atomic E-state index is 12.2. The van der Waals surface area contributed by atoms with Crippen molar-refractivity contribution < 1.29 is 4.79 Å². The largest absolute Gasteiger partial charge is 0.336 e. The van der Waals surface area contributed by atoms with E-state index in [1.807, 2.05) is 17.0 Å². The summed E-state index contributed by atoms with van der Waals surface area (Å²) in [5.41, 5.74) is 0.696. The molecular weight excluding hydrogens is 222 g/mol. The first-order valence-corrected chi connectivity index (χ1v) is 6.13. The van der Waals surface area contributed by atoms with E-state index < -0.39 is 0 Å². The van der Waals surface area contributed by atoms with Gasteiger partial charge in [-0.1, -0.05) is 17.7 Å². The molecule has 1 atom stereocenters. The average Bonchev–Trinajstić information content (AvgIpc) is 2.29. The molecule has 0 saturated carbocycles. The number of likely N-dealkylation sites (tertiary alicyclic amines) is 1. The molecule has 0 aliphatic carbocycles. The van der Waals surface area contributed by atoms with E-state index >= 15 is 0 Å². The summed E-state index contributed by atoms with van der Waals surface area (Å²) in [6, 6.07) is 7.53. The summed E-state index contributed by atoms with van der Waals surface area (Å²) in [7, 11) is 0. The number of amides is 1. The van der Waals surface area contributed by atoms with Gasteiger partial charge in [0.1, 0.15) is 0 Å². The van der Waals surface area contributed by atoms with Gasteiger partial charge < -0.3 is 4.90 Å². The van der Waals surface area contributed by atoms with Crippen LogP contribution in [0.3, 0.4) is 0 Å². The van der Waals surface area contributed by atoms with E-state index in [-0.39, 0.29) is 5.91 Å². The Balaban J connectivity index is 2.17. The van der Waals surface area contributed by atoms with Gasteiger partial charge in [0.05, 0.1) is 0 Å². The zero-order chi connectivity index (χ0) is 11.5. The van der Waals surface area contributed by atoms with Gasteiger partial charge in [-0.2, -0.15) is 0 Å². The van der Waals surface area contributed by atoms with Crippen molar-refractivity contribution in [2.75, 3.05) is 6.54 Å². The number of piperidine rings is 1. The molecule has 1 heterocycles. The minimum Gasteiger partial charge on any atom is -0.336 e. The molecule has 1 aromatic rings. The first-order chi connectivity index (χ1) is 7.68. The van der Waals surface area contributed by atoms with Crippen molar-refractivity contribution in [2.24, 2.45) is 0 Å². The van der Waals surface area contributed by atoms with Crippen LogP contribution >= 0.6 is 11.6 Å². The molecule has 86 valence electrons. The summed E-state index contributed by atoms with van der Waals surface area (Å²) < 4.78 is 0. The second-order valence-corrected chi connectivity index (χ2v) is 4.79. The molecule has 0 aromatic heterocycles. The van der Waals surface area contributed by atoms with Crippen LogP contribution in [-0.4, -0.2) is 23.4 Å². The van der Waals surface area contributed by atoms with Crippen LogP contribution < -0.4 is 0 Å². The highest BCUT2D eigenvalue weighted by Gasteiger charge is 2.23. The first-order valence-electron chi connectivity index (χ1n) is 5.75. The Hall–Kier alpha value is -1.02. The lowest BCUT2D eigenvalue weighted by Gasteiger charge is -2.33. The Morgan fingerprint density at radius 1 is 1.44 bits per heavy atom. The van der Waals surface area contributed by atoms with Crippen molar-refractivity contribution >= 4 is 17.5 Å². The second kappa shape index (κ2) is 4.88. The number of hydrogen-bond donors (Lipinski definition) is 0. The molecule has 3 heteroatoms. The zero-order valence-electron chi connectivity index (χ0n) is 9.45. The molecule has 0 bridgehead atoms. The summed E-state index contributed by atoms with van der Waals surface area (Å²) in [5, 5.41) is 0.621. The molecule has 2 rings (SSSR count). The number of carbonyl (C=O) groups excluding carboxylic acids is 1.